The highest BCUT2D eigenvalue weighted by atomic mass is 32.2. The first-order valence-electron chi connectivity index (χ1n) is 5.84. The fourth-order valence-electron chi connectivity index (χ4n) is 1.48. The van der Waals surface area contributed by atoms with Gasteiger partial charge in [-0.1, -0.05) is 18.7 Å². The van der Waals surface area contributed by atoms with Gasteiger partial charge in [-0.15, -0.1) is 10.2 Å². The Morgan fingerprint density at radius 1 is 1.47 bits per heavy atom. The van der Waals surface area contributed by atoms with Crippen molar-refractivity contribution >= 4 is 17.5 Å². The molecule has 0 unspecified atom stereocenters. The zero-order valence-electron chi connectivity index (χ0n) is 10.3. The van der Waals surface area contributed by atoms with Crippen molar-refractivity contribution in [1.82, 2.24) is 14.8 Å². The molecule has 6 heteroatoms. The lowest BCUT2D eigenvalue weighted by molar-refractivity contribution is -0.117. The van der Waals surface area contributed by atoms with Crippen LogP contribution in [0.2, 0.25) is 0 Å². The van der Waals surface area contributed by atoms with E-state index >= 15 is 0 Å². The van der Waals surface area contributed by atoms with Crippen LogP contribution in [0.1, 0.15) is 38.9 Å². The summed E-state index contributed by atoms with van der Waals surface area (Å²) in [4.78, 5) is 10.8. The lowest BCUT2D eigenvalue weighted by Crippen LogP contribution is -2.05. The van der Waals surface area contributed by atoms with Gasteiger partial charge in [0.25, 0.3) is 0 Å². The van der Waals surface area contributed by atoms with Crippen LogP contribution < -0.4 is 0 Å². The first-order chi connectivity index (χ1) is 8.19. The molecule has 0 atom stereocenters. The highest BCUT2D eigenvalue weighted by Gasteiger charge is 2.10. The zero-order valence-corrected chi connectivity index (χ0v) is 11.2. The van der Waals surface area contributed by atoms with E-state index < -0.39 is 0 Å². The van der Waals surface area contributed by atoms with Crippen LogP contribution in [-0.4, -0.2) is 31.4 Å². The Balaban J connectivity index is 2.51. The van der Waals surface area contributed by atoms with Crippen LogP contribution in [0.15, 0.2) is 5.16 Å². The van der Waals surface area contributed by atoms with Gasteiger partial charge >= 0.3 is 0 Å². The molecule has 96 valence electrons. The average Bonchev–Trinajstić information content (AvgIpc) is 2.67. The number of Topliss-reactive ketones (excluding diaryl/α,β-unsaturated/α-hetero) is 1. The van der Waals surface area contributed by atoms with Crippen LogP contribution in [0.4, 0.5) is 0 Å². The number of aromatic nitrogens is 3. The minimum absolute atomic E-state index is 0.0823. The molecule has 1 N–H and O–H groups in total. The van der Waals surface area contributed by atoms with Crippen molar-refractivity contribution in [2.75, 3.05) is 5.75 Å². The minimum Gasteiger partial charge on any atom is -0.388 e. The summed E-state index contributed by atoms with van der Waals surface area (Å²) >= 11 is 1.59. The van der Waals surface area contributed by atoms with Gasteiger partial charge in [0.15, 0.2) is 11.0 Å². The fourth-order valence-corrected chi connectivity index (χ4v) is 2.40. The van der Waals surface area contributed by atoms with Crippen LogP contribution in [0.5, 0.6) is 0 Å². The zero-order chi connectivity index (χ0) is 12.7. The maximum Gasteiger partial charge on any atom is 0.191 e. The second-order valence-electron chi connectivity index (χ2n) is 3.86. The molecule has 0 aliphatic heterocycles. The summed E-state index contributed by atoms with van der Waals surface area (Å²) in [5, 5.41) is 18.0. The molecule has 5 nitrogen and oxygen atoms in total. The maximum absolute atomic E-state index is 10.8. The summed E-state index contributed by atoms with van der Waals surface area (Å²) in [6, 6.07) is 0. The third-order valence-electron chi connectivity index (χ3n) is 2.29. The largest absolute Gasteiger partial charge is 0.388 e. The summed E-state index contributed by atoms with van der Waals surface area (Å²) in [6.45, 7) is 4.42. The number of aliphatic hydroxyl groups is 1. The van der Waals surface area contributed by atoms with Crippen LogP contribution in [0, 0.1) is 0 Å². The van der Waals surface area contributed by atoms with Crippen molar-refractivity contribution in [3.63, 3.8) is 0 Å². The van der Waals surface area contributed by atoms with Gasteiger partial charge in [-0.3, -0.25) is 0 Å². The Hall–Kier alpha value is -0.880. The number of ketones is 1. The van der Waals surface area contributed by atoms with Crippen molar-refractivity contribution in [1.29, 1.82) is 0 Å². The lowest BCUT2D eigenvalue weighted by Gasteiger charge is -2.06. The minimum atomic E-state index is -0.0823. The highest BCUT2D eigenvalue weighted by Crippen LogP contribution is 2.19. The monoisotopic (exact) mass is 257 g/mol. The van der Waals surface area contributed by atoms with E-state index in [1.165, 1.54) is 0 Å². The number of nitrogens with zero attached hydrogens (tertiary/aromatic N) is 3. The van der Waals surface area contributed by atoms with Crippen molar-refractivity contribution < 1.29 is 9.90 Å². The second kappa shape index (κ2) is 7.45. The molecule has 1 heterocycles. The molecular formula is C11H19N3O2S. The number of rotatable bonds is 8. The summed E-state index contributed by atoms with van der Waals surface area (Å²) in [7, 11) is 0. The molecule has 0 aliphatic rings. The number of hydrogen-bond donors (Lipinski definition) is 1. The van der Waals surface area contributed by atoms with Crippen LogP contribution >= 0.6 is 11.8 Å². The van der Waals surface area contributed by atoms with Crippen molar-refractivity contribution in [3.8, 4) is 0 Å². The summed E-state index contributed by atoms with van der Waals surface area (Å²) < 4.78 is 1.94. The smallest absolute Gasteiger partial charge is 0.191 e. The van der Waals surface area contributed by atoms with E-state index in [-0.39, 0.29) is 12.4 Å². The average molecular weight is 257 g/mol. The van der Waals surface area contributed by atoms with Gasteiger partial charge in [0.1, 0.15) is 12.4 Å². The van der Waals surface area contributed by atoms with Gasteiger partial charge < -0.3 is 14.5 Å². The van der Waals surface area contributed by atoms with Gasteiger partial charge in [0.05, 0.1) is 0 Å². The molecule has 0 saturated carbocycles. The molecule has 0 fully saturated rings. The third-order valence-corrected chi connectivity index (χ3v) is 3.34. The molecule has 0 saturated heterocycles. The molecule has 0 spiro atoms. The lowest BCUT2D eigenvalue weighted by atomic mass is 10.3. The first-order valence-corrected chi connectivity index (χ1v) is 6.82. The Kier molecular flexibility index (Phi) is 6.21. The Morgan fingerprint density at radius 3 is 2.82 bits per heavy atom. The molecule has 0 radical (unpaired) electrons. The van der Waals surface area contributed by atoms with Gasteiger partial charge in [0, 0.05) is 18.7 Å². The van der Waals surface area contributed by atoms with Crippen LogP contribution in [0.3, 0.4) is 0 Å². The van der Waals surface area contributed by atoms with E-state index in [4.69, 9.17) is 5.11 Å². The van der Waals surface area contributed by atoms with Crippen molar-refractivity contribution in [2.45, 2.75) is 51.4 Å². The van der Waals surface area contributed by atoms with Crippen molar-refractivity contribution in [3.05, 3.63) is 5.82 Å². The van der Waals surface area contributed by atoms with Crippen molar-refractivity contribution in [2.24, 2.45) is 0 Å². The molecule has 1 rings (SSSR count). The highest BCUT2D eigenvalue weighted by molar-refractivity contribution is 7.99. The molecule has 0 bridgehead atoms. The molecular weight excluding hydrogens is 238 g/mol. The molecule has 1 aromatic rings. The molecule has 1 aromatic heterocycles. The van der Waals surface area contributed by atoms with Gasteiger partial charge in [-0.25, -0.2) is 0 Å². The predicted octanol–water partition coefficient (Wildman–Crippen LogP) is 1.64. The normalized spacial score (nSPS) is 10.8. The molecule has 0 aromatic carbocycles. The van der Waals surface area contributed by atoms with Crippen LogP contribution in [-0.2, 0) is 17.9 Å². The van der Waals surface area contributed by atoms with E-state index in [0.717, 1.165) is 30.3 Å². The second-order valence-corrected chi connectivity index (χ2v) is 4.92. The van der Waals surface area contributed by atoms with Gasteiger partial charge in [-0.05, 0) is 19.8 Å². The topological polar surface area (TPSA) is 68.0 Å². The molecule has 17 heavy (non-hydrogen) atoms. The van der Waals surface area contributed by atoms with E-state index in [1.54, 1.807) is 18.7 Å². The Morgan fingerprint density at radius 2 is 2.24 bits per heavy atom. The Labute approximate surface area is 106 Å². The summed E-state index contributed by atoms with van der Waals surface area (Å²) in [5.41, 5.74) is 0. The first kappa shape index (κ1) is 14.2. The standard InChI is InChI=1S/C11H19N3O2S/c1-3-6-14-10(8-15)12-13-11(14)17-7-4-5-9(2)16/h15H,3-8H2,1-2H3. The fraction of sp³-hybridized carbons (Fsp3) is 0.727. The maximum atomic E-state index is 10.8. The SMILES string of the molecule is CCCn1c(CO)nnc1SCCCC(C)=O. The quantitative estimate of drug-likeness (QED) is 0.566. The molecule has 0 aliphatic carbocycles. The number of hydrogen-bond acceptors (Lipinski definition) is 5. The predicted molar refractivity (Wildman–Crippen MR) is 66.9 cm³/mol. The van der Waals surface area contributed by atoms with Gasteiger partial charge in [0.2, 0.25) is 0 Å². The molecule has 0 amide bonds. The van der Waals surface area contributed by atoms with E-state index in [2.05, 4.69) is 17.1 Å². The number of thioether (sulfide) groups is 1. The summed E-state index contributed by atoms with van der Waals surface area (Å²) in [5.74, 6) is 1.69. The third kappa shape index (κ3) is 4.47. The van der Waals surface area contributed by atoms with E-state index in [0.29, 0.717) is 12.2 Å². The van der Waals surface area contributed by atoms with Gasteiger partial charge in [-0.2, -0.15) is 0 Å². The number of carbonyl (C=O) groups excluding carboxylic acids is 1. The Bertz CT molecular complexity index is 366. The van der Waals surface area contributed by atoms with E-state index in [9.17, 15) is 4.79 Å². The number of aliphatic hydroxyl groups excluding tert-OH is 1. The summed E-state index contributed by atoms with van der Waals surface area (Å²) in [6.07, 6.45) is 2.45. The number of carbonyl (C=O) groups is 1. The van der Waals surface area contributed by atoms with Crippen LogP contribution in [0.25, 0.3) is 0 Å². The van der Waals surface area contributed by atoms with E-state index in [1.807, 2.05) is 4.57 Å².